The van der Waals surface area contributed by atoms with Crippen LogP contribution in [0.5, 0.6) is 5.75 Å². The van der Waals surface area contributed by atoms with E-state index in [1.54, 1.807) is 18.1 Å². The minimum atomic E-state index is -0.559. The average Bonchev–Trinajstić information content (AvgIpc) is 2.75. The van der Waals surface area contributed by atoms with Gasteiger partial charge in [0.15, 0.2) is 0 Å². The quantitative estimate of drug-likeness (QED) is 0.598. The van der Waals surface area contributed by atoms with E-state index in [0.717, 1.165) is 23.3 Å². The van der Waals surface area contributed by atoms with Crippen molar-refractivity contribution in [3.8, 4) is 5.75 Å². The molecule has 0 fully saturated rings. The van der Waals surface area contributed by atoms with E-state index in [0.29, 0.717) is 18.0 Å². The van der Waals surface area contributed by atoms with Crippen LogP contribution < -0.4 is 10.1 Å². The molecule has 0 saturated carbocycles. The molecule has 0 heterocycles. The molecule has 2 aromatic rings. The summed E-state index contributed by atoms with van der Waals surface area (Å²) in [5.74, 6) is 0.479. The molecular weight excluding hydrogens is 400 g/mol. The molecule has 0 aliphatic carbocycles. The predicted octanol–water partition coefficient (Wildman–Crippen LogP) is 4.61. The molecule has 2 atom stereocenters. The number of nitrogens with one attached hydrogen (secondary N) is 1. The van der Waals surface area contributed by atoms with Gasteiger partial charge in [-0.05, 0) is 49.1 Å². The Bertz CT molecular complexity index is 839. The summed E-state index contributed by atoms with van der Waals surface area (Å²) in [6, 6.07) is 14.3. The van der Waals surface area contributed by atoms with Gasteiger partial charge < -0.3 is 15.0 Å². The zero-order chi connectivity index (χ0) is 22.1. The Kier molecular flexibility index (Phi) is 9.18. The normalized spacial score (nSPS) is 12.7. The van der Waals surface area contributed by atoms with Crippen LogP contribution in [0.15, 0.2) is 48.5 Å². The summed E-state index contributed by atoms with van der Waals surface area (Å²) in [5, 5.41) is 3.56. The number of hydrogen-bond donors (Lipinski definition) is 1. The first-order valence-electron chi connectivity index (χ1n) is 10.4. The van der Waals surface area contributed by atoms with Gasteiger partial charge >= 0.3 is 0 Å². The number of methoxy groups -OCH3 is 1. The van der Waals surface area contributed by atoms with Crippen LogP contribution in [0.25, 0.3) is 0 Å². The fourth-order valence-corrected chi connectivity index (χ4v) is 3.40. The van der Waals surface area contributed by atoms with E-state index in [2.05, 4.69) is 5.32 Å². The number of carbonyl (C=O) groups excluding carboxylic acids is 2. The molecular formula is C24H31ClN2O3. The van der Waals surface area contributed by atoms with E-state index in [1.807, 2.05) is 63.2 Å². The van der Waals surface area contributed by atoms with Crippen molar-refractivity contribution in [1.82, 2.24) is 10.2 Å². The largest absolute Gasteiger partial charge is 0.497 e. The van der Waals surface area contributed by atoms with Crippen LogP contribution in [0, 0.1) is 0 Å². The van der Waals surface area contributed by atoms with Gasteiger partial charge in [0.25, 0.3) is 0 Å². The second-order valence-electron chi connectivity index (χ2n) is 7.38. The topological polar surface area (TPSA) is 58.6 Å². The molecule has 0 saturated heterocycles. The van der Waals surface area contributed by atoms with E-state index in [9.17, 15) is 9.59 Å². The van der Waals surface area contributed by atoms with Crippen molar-refractivity contribution >= 4 is 23.4 Å². The lowest BCUT2D eigenvalue weighted by atomic mass is 10.1. The fraction of sp³-hybridized carbons (Fsp3) is 0.417. The number of nitrogens with zero attached hydrogens (tertiary/aromatic N) is 1. The van der Waals surface area contributed by atoms with Crippen molar-refractivity contribution in [3.05, 3.63) is 64.7 Å². The average molecular weight is 431 g/mol. The lowest BCUT2D eigenvalue weighted by molar-refractivity contribution is -0.141. The summed E-state index contributed by atoms with van der Waals surface area (Å²) >= 11 is 6.27. The van der Waals surface area contributed by atoms with Crippen molar-refractivity contribution in [2.45, 2.75) is 58.7 Å². The Balaban J connectivity index is 2.30. The van der Waals surface area contributed by atoms with Crippen LogP contribution in [0.1, 0.15) is 44.7 Å². The van der Waals surface area contributed by atoms with Crippen LogP contribution in [-0.2, 0) is 22.6 Å². The molecule has 1 N–H and O–H groups in total. The van der Waals surface area contributed by atoms with Gasteiger partial charge in [0, 0.05) is 17.6 Å². The predicted molar refractivity (Wildman–Crippen MR) is 121 cm³/mol. The van der Waals surface area contributed by atoms with Gasteiger partial charge in [0.2, 0.25) is 11.8 Å². The third-order valence-corrected chi connectivity index (χ3v) is 5.57. The van der Waals surface area contributed by atoms with Gasteiger partial charge in [0.05, 0.1) is 13.5 Å². The lowest BCUT2D eigenvalue weighted by Gasteiger charge is -2.31. The fourth-order valence-electron chi connectivity index (χ4n) is 3.19. The van der Waals surface area contributed by atoms with Crippen LogP contribution in [0.2, 0.25) is 5.02 Å². The zero-order valence-corrected chi connectivity index (χ0v) is 18.9. The van der Waals surface area contributed by atoms with Crippen molar-refractivity contribution in [2.24, 2.45) is 0 Å². The summed E-state index contributed by atoms with van der Waals surface area (Å²) in [5.41, 5.74) is 1.68. The zero-order valence-electron chi connectivity index (χ0n) is 18.2. The minimum absolute atomic E-state index is 0.0491. The standard InChI is InChI=1S/C24H31ClN2O3/c1-5-17(3)26-24(29)22(6-2)27(16-18-11-13-20(30-4)14-12-18)23(28)15-19-9-7-8-10-21(19)25/h7-14,17,22H,5-6,15-16H2,1-4H3,(H,26,29)/t17-,22-/m0/s1. The summed E-state index contributed by atoms with van der Waals surface area (Å²) < 4.78 is 5.22. The maximum absolute atomic E-state index is 13.3. The molecule has 162 valence electrons. The van der Waals surface area contributed by atoms with Crippen molar-refractivity contribution in [1.29, 1.82) is 0 Å². The maximum atomic E-state index is 13.3. The van der Waals surface area contributed by atoms with Crippen molar-refractivity contribution in [2.75, 3.05) is 7.11 Å². The highest BCUT2D eigenvalue weighted by atomic mass is 35.5. The van der Waals surface area contributed by atoms with Crippen LogP contribution in [0.3, 0.4) is 0 Å². The number of benzene rings is 2. The molecule has 0 radical (unpaired) electrons. The summed E-state index contributed by atoms with van der Waals surface area (Å²) in [6.07, 6.45) is 1.49. The first-order chi connectivity index (χ1) is 14.4. The van der Waals surface area contributed by atoms with Crippen LogP contribution in [-0.4, -0.2) is 35.9 Å². The van der Waals surface area contributed by atoms with E-state index in [4.69, 9.17) is 16.3 Å². The van der Waals surface area contributed by atoms with E-state index in [1.165, 1.54) is 0 Å². The van der Waals surface area contributed by atoms with Crippen LogP contribution >= 0.6 is 11.6 Å². The van der Waals surface area contributed by atoms with E-state index in [-0.39, 0.29) is 24.3 Å². The Morgan fingerprint density at radius 1 is 1.07 bits per heavy atom. The smallest absolute Gasteiger partial charge is 0.243 e. The van der Waals surface area contributed by atoms with Gasteiger partial charge in [-0.1, -0.05) is 55.8 Å². The third kappa shape index (κ3) is 6.49. The van der Waals surface area contributed by atoms with E-state index < -0.39 is 6.04 Å². The first kappa shape index (κ1) is 23.7. The molecule has 2 amide bonds. The van der Waals surface area contributed by atoms with Gasteiger partial charge in [-0.3, -0.25) is 9.59 Å². The SMILES string of the molecule is CC[C@H](C)NC(=O)[C@H](CC)N(Cc1ccc(OC)cc1)C(=O)Cc1ccccc1Cl. The van der Waals surface area contributed by atoms with Gasteiger partial charge in [0.1, 0.15) is 11.8 Å². The highest BCUT2D eigenvalue weighted by Crippen LogP contribution is 2.20. The van der Waals surface area contributed by atoms with Gasteiger partial charge in [-0.25, -0.2) is 0 Å². The first-order valence-corrected chi connectivity index (χ1v) is 10.7. The van der Waals surface area contributed by atoms with E-state index >= 15 is 0 Å². The van der Waals surface area contributed by atoms with Crippen molar-refractivity contribution < 1.29 is 14.3 Å². The van der Waals surface area contributed by atoms with Gasteiger partial charge in [-0.15, -0.1) is 0 Å². The molecule has 0 aliphatic rings. The van der Waals surface area contributed by atoms with Crippen molar-refractivity contribution in [3.63, 3.8) is 0 Å². The maximum Gasteiger partial charge on any atom is 0.243 e. The highest BCUT2D eigenvalue weighted by molar-refractivity contribution is 6.31. The molecule has 0 spiro atoms. The second-order valence-corrected chi connectivity index (χ2v) is 7.79. The molecule has 30 heavy (non-hydrogen) atoms. The molecule has 2 rings (SSSR count). The monoisotopic (exact) mass is 430 g/mol. The Morgan fingerprint density at radius 2 is 1.73 bits per heavy atom. The molecule has 6 heteroatoms. The molecule has 0 bridgehead atoms. The minimum Gasteiger partial charge on any atom is -0.497 e. The summed E-state index contributed by atoms with van der Waals surface area (Å²) in [6.45, 7) is 6.23. The molecule has 0 unspecified atom stereocenters. The molecule has 2 aromatic carbocycles. The molecule has 5 nitrogen and oxygen atoms in total. The lowest BCUT2D eigenvalue weighted by Crippen LogP contribution is -2.51. The Hall–Kier alpha value is -2.53. The van der Waals surface area contributed by atoms with Gasteiger partial charge in [-0.2, -0.15) is 0 Å². The summed E-state index contributed by atoms with van der Waals surface area (Å²) in [7, 11) is 1.61. The Morgan fingerprint density at radius 3 is 2.30 bits per heavy atom. The highest BCUT2D eigenvalue weighted by Gasteiger charge is 2.29. The number of halogens is 1. The Labute approximate surface area is 184 Å². The number of hydrogen-bond acceptors (Lipinski definition) is 3. The summed E-state index contributed by atoms with van der Waals surface area (Å²) in [4.78, 5) is 27.9. The number of amides is 2. The number of ether oxygens (including phenoxy) is 1. The number of carbonyl (C=O) groups is 2. The van der Waals surface area contributed by atoms with Crippen LogP contribution in [0.4, 0.5) is 0 Å². The molecule has 0 aromatic heterocycles. The third-order valence-electron chi connectivity index (χ3n) is 5.20. The number of rotatable bonds is 10. The molecule has 0 aliphatic heterocycles. The second kappa shape index (κ2) is 11.6.